The van der Waals surface area contributed by atoms with Gasteiger partial charge in [0.2, 0.25) is 5.91 Å². The van der Waals surface area contributed by atoms with E-state index in [-0.39, 0.29) is 17.3 Å². The molecule has 0 bridgehead atoms. The summed E-state index contributed by atoms with van der Waals surface area (Å²) in [5, 5.41) is 11.5. The predicted octanol–water partition coefficient (Wildman–Crippen LogP) is 4.15. The molecule has 0 saturated heterocycles. The normalized spacial score (nSPS) is 10.6. The van der Waals surface area contributed by atoms with E-state index in [4.69, 9.17) is 4.74 Å². The number of amides is 1. The third-order valence-electron chi connectivity index (χ3n) is 3.91. The maximum atomic E-state index is 13.3. The van der Waals surface area contributed by atoms with Crippen molar-refractivity contribution in [3.8, 4) is 17.1 Å². The second-order valence-electron chi connectivity index (χ2n) is 5.90. The van der Waals surface area contributed by atoms with Gasteiger partial charge in [-0.25, -0.2) is 8.78 Å². The summed E-state index contributed by atoms with van der Waals surface area (Å²) in [6, 6.07) is 10.6. The number of carbonyl (C=O) groups is 1. The number of benzene rings is 2. The summed E-state index contributed by atoms with van der Waals surface area (Å²) in [6.45, 7) is 4.21. The number of nitrogens with one attached hydrogen (secondary N) is 1. The third kappa shape index (κ3) is 5.00. The molecular formula is C20H18F2N4O2S. The van der Waals surface area contributed by atoms with Crippen molar-refractivity contribution in [1.82, 2.24) is 14.8 Å². The minimum Gasteiger partial charge on any atom is -0.497 e. The average molecular weight is 416 g/mol. The highest BCUT2D eigenvalue weighted by molar-refractivity contribution is 7.99. The molecule has 6 nitrogen and oxygen atoms in total. The van der Waals surface area contributed by atoms with Gasteiger partial charge >= 0.3 is 0 Å². The van der Waals surface area contributed by atoms with Gasteiger partial charge in [-0.2, -0.15) is 0 Å². The zero-order valence-electron chi connectivity index (χ0n) is 15.6. The zero-order valence-corrected chi connectivity index (χ0v) is 16.4. The Labute approximate surface area is 170 Å². The molecule has 150 valence electrons. The van der Waals surface area contributed by atoms with Crippen molar-refractivity contribution in [1.29, 1.82) is 0 Å². The molecule has 0 radical (unpaired) electrons. The van der Waals surface area contributed by atoms with Gasteiger partial charge in [0.25, 0.3) is 0 Å². The van der Waals surface area contributed by atoms with Crippen LogP contribution in [-0.4, -0.2) is 33.5 Å². The molecule has 1 amide bonds. The summed E-state index contributed by atoms with van der Waals surface area (Å²) >= 11 is 1.18. The van der Waals surface area contributed by atoms with Crippen molar-refractivity contribution < 1.29 is 18.3 Å². The molecule has 0 fully saturated rings. The minimum absolute atomic E-state index is 0.0247. The highest BCUT2D eigenvalue weighted by Gasteiger charge is 2.15. The van der Waals surface area contributed by atoms with E-state index < -0.39 is 11.6 Å². The van der Waals surface area contributed by atoms with Gasteiger partial charge < -0.3 is 10.1 Å². The Morgan fingerprint density at radius 3 is 2.62 bits per heavy atom. The quantitative estimate of drug-likeness (QED) is 0.441. The van der Waals surface area contributed by atoms with Crippen molar-refractivity contribution in [2.75, 3.05) is 18.2 Å². The van der Waals surface area contributed by atoms with Crippen molar-refractivity contribution in [2.45, 2.75) is 11.7 Å². The number of methoxy groups -OCH3 is 1. The highest BCUT2D eigenvalue weighted by Crippen LogP contribution is 2.26. The van der Waals surface area contributed by atoms with Crippen LogP contribution in [0.3, 0.4) is 0 Å². The lowest BCUT2D eigenvalue weighted by atomic mass is 10.2. The Morgan fingerprint density at radius 1 is 1.21 bits per heavy atom. The number of thioether (sulfide) groups is 1. The molecule has 0 unspecified atom stereocenters. The smallest absolute Gasteiger partial charge is 0.234 e. The molecule has 0 saturated carbocycles. The molecule has 0 aliphatic heterocycles. The Balaban J connectivity index is 1.71. The van der Waals surface area contributed by atoms with Crippen LogP contribution in [0.4, 0.5) is 14.5 Å². The molecule has 0 spiro atoms. The van der Waals surface area contributed by atoms with E-state index in [2.05, 4.69) is 22.1 Å². The molecule has 1 heterocycles. The molecule has 3 aromatic rings. The minimum atomic E-state index is -1.02. The maximum Gasteiger partial charge on any atom is 0.234 e. The second kappa shape index (κ2) is 9.33. The van der Waals surface area contributed by atoms with Gasteiger partial charge in [0, 0.05) is 23.9 Å². The molecule has 2 aromatic carbocycles. The van der Waals surface area contributed by atoms with E-state index in [0.717, 1.165) is 23.4 Å². The SMILES string of the molecule is C=CCn1c(SCC(=O)Nc2ccc(F)c(F)c2)nnc1-c1ccc(OC)cc1. The molecular weight excluding hydrogens is 398 g/mol. The fraction of sp³-hybridized carbons (Fsp3) is 0.150. The number of allylic oxidation sites excluding steroid dienone is 1. The summed E-state index contributed by atoms with van der Waals surface area (Å²) in [6.07, 6.45) is 1.71. The van der Waals surface area contributed by atoms with Gasteiger partial charge in [-0.1, -0.05) is 17.8 Å². The van der Waals surface area contributed by atoms with Crippen molar-refractivity contribution in [2.24, 2.45) is 0 Å². The lowest BCUT2D eigenvalue weighted by molar-refractivity contribution is -0.113. The van der Waals surface area contributed by atoms with Crippen LogP contribution in [-0.2, 0) is 11.3 Å². The largest absolute Gasteiger partial charge is 0.497 e. The van der Waals surface area contributed by atoms with Crippen LogP contribution in [0.25, 0.3) is 11.4 Å². The molecule has 9 heteroatoms. The lowest BCUT2D eigenvalue weighted by Gasteiger charge is -2.09. The fourth-order valence-electron chi connectivity index (χ4n) is 2.54. The first-order valence-corrected chi connectivity index (χ1v) is 9.56. The monoisotopic (exact) mass is 416 g/mol. The first-order valence-electron chi connectivity index (χ1n) is 8.58. The topological polar surface area (TPSA) is 69.0 Å². The van der Waals surface area contributed by atoms with E-state index in [1.165, 1.54) is 17.8 Å². The zero-order chi connectivity index (χ0) is 20.8. The number of carbonyl (C=O) groups excluding carboxylic acids is 1. The molecule has 0 aliphatic carbocycles. The number of nitrogens with zero attached hydrogens (tertiary/aromatic N) is 3. The van der Waals surface area contributed by atoms with Gasteiger partial charge in [-0.15, -0.1) is 16.8 Å². The summed E-state index contributed by atoms with van der Waals surface area (Å²) < 4.78 is 33.2. The Morgan fingerprint density at radius 2 is 1.97 bits per heavy atom. The van der Waals surface area contributed by atoms with E-state index >= 15 is 0 Å². The number of hydrogen-bond donors (Lipinski definition) is 1. The van der Waals surface area contributed by atoms with Crippen LogP contribution >= 0.6 is 11.8 Å². The first kappa shape index (κ1) is 20.5. The maximum absolute atomic E-state index is 13.3. The van der Waals surface area contributed by atoms with Gasteiger partial charge in [0.1, 0.15) is 5.75 Å². The number of ether oxygens (including phenoxy) is 1. The van der Waals surface area contributed by atoms with Crippen molar-refractivity contribution in [3.05, 3.63) is 66.8 Å². The van der Waals surface area contributed by atoms with E-state index in [9.17, 15) is 13.6 Å². The Bertz CT molecular complexity index is 1020. The summed E-state index contributed by atoms with van der Waals surface area (Å²) in [4.78, 5) is 12.2. The van der Waals surface area contributed by atoms with Gasteiger partial charge in [0.05, 0.1) is 12.9 Å². The average Bonchev–Trinajstić information content (AvgIpc) is 3.12. The first-order chi connectivity index (χ1) is 14.0. The van der Waals surface area contributed by atoms with Gasteiger partial charge in [-0.3, -0.25) is 9.36 Å². The molecule has 0 atom stereocenters. The Kier molecular flexibility index (Phi) is 6.61. The third-order valence-corrected chi connectivity index (χ3v) is 4.88. The number of hydrogen-bond acceptors (Lipinski definition) is 5. The molecule has 1 aromatic heterocycles. The van der Waals surface area contributed by atoms with E-state index in [1.807, 2.05) is 28.8 Å². The van der Waals surface area contributed by atoms with Crippen LogP contribution in [0.1, 0.15) is 0 Å². The van der Waals surface area contributed by atoms with Crippen LogP contribution < -0.4 is 10.1 Å². The lowest BCUT2D eigenvalue weighted by Crippen LogP contribution is -2.15. The molecule has 0 aliphatic rings. The fourth-order valence-corrected chi connectivity index (χ4v) is 3.29. The van der Waals surface area contributed by atoms with Crippen LogP contribution in [0, 0.1) is 11.6 Å². The van der Waals surface area contributed by atoms with Gasteiger partial charge in [0.15, 0.2) is 22.6 Å². The van der Waals surface area contributed by atoms with Crippen LogP contribution in [0.2, 0.25) is 0 Å². The van der Waals surface area contributed by atoms with Crippen LogP contribution in [0.5, 0.6) is 5.75 Å². The molecule has 29 heavy (non-hydrogen) atoms. The standard InChI is InChI=1S/C20H18F2N4O2S/c1-3-10-26-19(13-4-7-15(28-2)8-5-13)24-25-20(26)29-12-18(27)23-14-6-9-16(21)17(22)11-14/h3-9,11H,1,10,12H2,2H3,(H,23,27). The molecule has 1 N–H and O–H groups in total. The number of anilines is 1. The summed E-state index contributed by atoms with van der Waals surface area (Å²) in [5.74, 6) is -0.980. The van der Waals surface area contributed by atoms with E-state index in [1.54, 1.807) is 13.2 Å². The Hall–Kier alpha value is -3.20. The number of aromatic nitrogens is 3. The number of rotatable bonds is 8. The summed E-state index contributed by atoms with van der Waals surface area (Å²) in [5.41, 5.74) is 1.03. The van der Waals surface area contributed by atoms with Crippen molar-refractivity contribution in [3.63, 3.8) is 0 Å². The van der Waals surface area contributed by atoms with Gasteiger partial charge in [-0.05, 0) is 36.4 Å². The highest BCUT2D eigenvalue weighted by atomic mass is 32.2. The summed E-state index contributed by atoms with van der Waals surface area (Å²) in [7, 11) is 1.59. The second-order valence-corrected chi connectivity index (χ2v) is 6.84. The van der Waals surface area contributed by atoms with E-state index in [0.29, 0.717) is 17.5 Å². The number of halogens is 2. The predicted molar refractivity (Wildman–Crippen MR) is 108 cm³/mol. The molecule has 3 rings (SSSR count). The van der Waals surface area contributed by atoms with Crippen LogP contribution in [0.15, 0.2) is 60.3 Å². The van der Waals surface area contributed by atoms with Crippen molar-refractivity contribution >= 4 is 23.4 Å².